The second-order valence-electron chi connectivity index (χ2n) is 6.24. The number of nitrogens with zero attached hydrogens (tertiary/aromatic N) is 2. The van der Waals surface area contributed by atoms with Gasteiger partial charge in [-0.25, -0.2) is 4.79 Å². The van der Waals surface area contributed by atoms with Crippen LogP contribution in [0.5, 0.6) is 0 Å². The molecule has 23 heavy (non-hydrogen) atoms. The molecule has 1 aromatic rings. The van der Waals surface area contributed by atoms with Crippen molar-refractivity contribution in [1.82, 2.24) is 5.32 Å². The third-order valence-electron chi connectivity index (χ3n) is 4.81. The lowest BCUT2D eigenvalue weighted by molar-refractivity contribution is -0.119. The molecule has 0 unspecified atom stereocenters. The van der Waals surface area contributed by atoms with E-state index in [4.69, 9.17) is 4.74 Å². The molecule has 0 aliphatic carbocycles. The summed E-state index contributed by atoms with van der Waals surface area (Å²) in [5, 5.41) is 2.71. The van der Waals surface area contributed by atoms with Crippen LogP contribution >= 0.6 is 0 Å². The van der Waals surface area contributed by atoms with Gasteiger partial charge in [0, 0.05) is 19.7 Å². The molecule has 7 heteroatoms. The standard InChI is InChI=1S/C16H17N3O4/c1-8(20)17-7-14-13-5-9-3-11-10(6-15(21)18(11)2)4-12(9)19(13)16(22)23-14/h3-4,13-14H,5-7H2,1-2H3,(H,17,20)/t13-,14-/m0/s1. The first-order valence-electron chi connectivity index (χ1n) is 7.62. The van der Waals surface area contributed by atoms with Crippen molar-refractivity contribution in [2.24, 2.45) is 0 Å². The molecule has 3 heterocycles. The second kappa shape index (κ2) is 4.71. The first-order valence-corrected chi connectivity index (χ1v) is 7.62. The minimum absolute atomic E-state index is 0.0627. The molecule has 2 atom stereocenters. The van der Waals surface area contributed by atoms with E-state index in [1.54, 1.807) is 16.8 Å². The van der Waals surface area contributed by atoms with Crippen LogP contribution < -0.4 is 15.1 Å². The van der Waals surface area contributed by atoms with E-state index < -0.39 is 0 Å². The average Bonchev–Trinajstić information content (AvgIpc) is 3.09. The van der Waals surface area contributed by atoms with Crippen LogP contribution in [0.25, 0.3) is 0 Å². The maximum atomic E-state index is 12.2. The normalized spacial score (nSPS) is 24.4. The molecule has 0 bridgehead atoms. The number of benzene rings is 1. The van der Waals surface area contributed by atoms with Crippen molar-refractivity contribution in [2.45, 2.75) is 31.9 Å². The number of hydrogen-bond donors (Lipinski definition) is 1. The van der Waals surface area contributed by atoms with Gasteiger partial charge in [-0.05, 0) is 29.7 Å². The zero-order valence-corrected chi connectivity index (χ0v) is 13.0. The molecule has 4 rings (SSSR count). The smallest absolute Gasteiger partial charge is 0.415 e. The lowest BCUT2D eigenvalue weighted by atomic mass is 10.0. The Bertz CT molecular complexity index is 745. The minimum Gasteiger partial charge on any atom is -0.442 e. The van der Waals surface area contributed by atoms with Crippen molar-refractivity contribution < 1.29 is 19.1 Å². The van der Waals surface area contributed by atoms with Crippen LogP contribution in [-0.4, -0.2) is 43.6 Å². The molecule has 0 spiro atoms. The Morgan fingerprint density at radius 1 is 1.30 bits per heavy atom. The molecule has 1 N–H and O–H groups in total. The molecule has 120 valence electrons. The molecule has 1 aromatic carbocycles. The van der Waals surface area contributed by atoms with E-state index >= 15 is 0 Å². The quantitative estimate of drug-likeness (QED) is 0.866. The van der Waals surface area contributed by atoms with Crippen molar-refractivity contribution in [2.75, 3.05) is 23.4 Å². The van der Waals surface area contributed by atoms with Gasteiger partial charge < -0.3 is 15.0 Å². The number of ether oxygens (including phenoxy) is 1. The van der Waals surface area contributed by atoms with Gasteiger partial charge >= 0.3 is 6.09 Å². The van der Waals surface area contributed by atoms with E-state index in [0.717, 1.165) is 22.5 Å². The Balaban J connectivity index is 1.65. The monoisotopic (exact) mass is 315 g/mol. The van der Waals surface area contributed by atoms with Crippen LogP contribution in [0, 0.1) is 0 Å². The molecule has 0 saturated carbocycles. The fourth-order valence-corrected chi connectivity index (χ4v) is 3.63. The number of anilines is 2. The predicted octanol–water partition coefficient (Wildman–Crippen LogP) is 0.591. The highest BCUT2D eigenvalue weighted by atomic mass is 16.6. The topological polar surface area (TPSA) is 79.0 Å². The van der Waals surface area contributed by atoms with Gasteiger partial charge in [0.15, 0.2) is 0 Å². The number of carbonyl (C=O) groups is 3. The van der Waals surface area contributed by atoms with Gasteiger partial charge in [0.2, 0.25) is 11.8 Å². The predicted molar refractivity (Wildman–Crippen MR) is 82.5 cm³/mol. The summed E-state index contributed by atoms with van der Waals surface area (Å²) in [6, 6.07) is 3.82. The molecule has 7 nitrogen and oxygen atoms in total. The summed E-state index contributed by atoms with van der Waals surface area (Å²) < 4.78 is 5.39. The Morgan fingerprint density at radius 2 is 2.04 bits per heavy atom. The molecule has 1 fully saturated rings. The van der Waals surface area contributed by atoms with Gasteiger partial charge in [0.25, 0.3) is 0 Å². The van der Waals surface area contributed by atoms with Crippen LogP contribution in [-0.2, 0) is 27.2 Å². The zero-order valence-electron chi connectivity index (χ0n) is 13.0. The number of carbonyl (C=O) groups excluding carboxylic acids is 3. The summed E-state index contributed by atoms with van der Waals surface area (Å²) in [5.41, 5.74) is 3.73. The number of cyclic esters (lactones) is 1. The van der Waals surface area contributed by atoms with Gasteiger partial charge in [0.05, 0.1) is 24.7 Å². The van der Waals surface area contributed by atoms with Crippen LogP contribution in [0.4, 0.5) is 16.2 Å². The van der Waals surface area contributed by atoms with Crippen LogP contribution in [0.2, 0.25) is 0 Å². The first-order chi connectivity index (χ1) is 11.0. The van der Waals surface area contributed by atoms with E-state index in [9.17, 15) is 14.4 Å². The molecule has 1 saturated heterocycles. The van der Waals surface area contributed by atoms with Crippen molar-refractivity contribution in [3.8, 4) is 0 Å². The number of amides is 3. The number of likely N-dealkylation sites (N-methyl/N-ethyl adjacent to an activating group) is 1. The van der Waals surface area contributed by atoms with Crippen LogP contribution in [0.3, 0.4) is 0 Å². The van der Waals surface area contributed by atoms with Gasteiger partial charge in [-0.1, -0.05) is 0 Å². The third-order valence-corrected chi connectivity index (χ3v) is 4.81. The summed E-state index contributed by atoms with van der Waals surface area (Å²) in [6.45, 7) is 1.75. The molecule has 0 radical (unpaired) electrons. The van der Waals surface area contributed by atoms with Gasteiger partial charge in [-0.3, -0.25) is 14.5 Å². The fraction of sp³-hybridized carbons (Fsp3) is 0.438. The highest BCUT2D eigenvalue weighted by Crippen LogP contribution is 2.43. The Hall–Kier alpha value is -2.57. The molecule has 3 amide bonds. The molecular weight excluding hydrogens is 298 g/mol. The van der Waals surface area contributed by atoms with Gasteiger partial charge in [-0.15, -0.1) is 0 Å². The largest absolute Gasteiger partial charge is 0.442 e. The number of nitrogens with one attached hydrogen (secondary N) is 1. The molecule has 3 aliphatic rings. The van der Waals surface area contributed by atoms with E-state index in [2.05, 4.69) is 5.32 Å². The van der Waals surface area contributed by atoms with Gasteiger partial charge in [0.1, 0.15) is 6.10 Å². The lowest BCUT2D eigenvalue weighted by Gasteiger charge is -2.16. The van der Waals surface area contributed by atoms with E-state index in [-0.39, 0.29) is 30.1 Å². The van der Waals surface area contributed by atoms with Crippen molar-refractivity contribution in [3.63, 3.8) is 0 Å². The Kier molecular flexibility index (Phi) is 2.88. The summed E-state index contributed by atoms with van der Waals surface area (Å²) in [4.78, 5) is 38.5. The summed E-state index contributed by atoms with van der Waals surface area (Å²) in [6.07, 6.45) is 0.289. The van der Waals surface area contributed by atoms with Crippen molar-refractivity contribution >= 4 is 29.3 Å². The summed E-state index contributed by atoms with van der Waals surface area (Å²) in [5.74, 6) is -0.0816. The molecule has 0 aromatic heterocycles. The van der Waals surface area contributed by atoms with Crippen LogP contribution in [0.15, 0.2) is 12.1 Å². The number of fused-ring (bicyclic) bond motifs is 4. The van der Waals surface area contributed by atoms with Crippen molar-refractivity contribution in [3.05, 3.63) is 23.3 Å². The molecule has 3 aliphatic heterocycles. The number of rotatable bonds is 2. The summed E-state index contributed by atoms with van der Waals surface area (Å²) in [7, 11) is 1.77. The highest BCUT2D eigenvalue weighted by molar-refractivity contribution is 6.03. The Labute approximate surface area is 133 Å². The summed E-state index contributed by atoms with van der Waals surface area (Å²) >= 11 is 0. The number of hydrogen-bond acceptors (Lipinski definition) is 4. The third kappa shape index (κ3) is 1.99. The average molecular weight is 315 g/mol. The van der Waals surface area contributed by atoms with E-state index in [0.29, 0.717) is 19.4 Å². The Morgan fingerprint density at radius 3 is 2.78 bits per heavy atom. The fourth-order valence-electron chi connectivity index (χ4n) is 3.63. The molecular formula is C16H17N3O4. The second-order valence-corrected chi connectivity index (χ2v) is 6.24. The zero-order chi connectivity index (χ0) is 16.3. The first kappa shape index (κ1) is 14.0. The SMILES string of the molecule is CC(=O)NC[C@@H]1OC(=O)N2c3cc4c(cc3C[C@@H]12)N(C)C(=O)C4. The van der Waals surface area contributed by atoms with E-state index in [1.165, 1.54) is 6.92 Å². The van der Waals surface area contributed by atoms with Crippen molar-refractivity contribution in [1.29, 1.82) is 0 Å². The minimum atomic E-state index is -0.387. The van der Waals surface area contributed by atoms with Gasteiger partial charge in [-0.2, -0.15) is 0 Å². The van der Waals surface area contributed by atoms with E-state index in [1.807, 2.05) is 12.1 Å². The lowest BCUT2D eigenvalue weighted by Crippen LogP contribution is -2.40. The van der Waals surface area contributed by atoms with Crippen LogP contribution in [0.1, 0.15) is 18.1 Å². The highest BCUT2D eigenvalue weighted by Gasteiger charge is 2.48. The maximum absolute atomic E-state index is 12.2. The maximum Gasteiger partial charge on any atom is 0.415 e.